The summed E-state index contributed by atoms with van der Waals surface area (Å²) in [4.78, 5) is 17.7. The summed E-state index contributed by atoms with van der Waals surface area (Å²) >= 11 is 0. The number of urea groups is 1. The van der Waals surface area contributed by atoms with Gasteiger partial charge in [-0.1, -0.05) is 12.1 Å². The second-order valence-corrected chi connectivity index (χ2v) is 5.84. The second kappa shape index (κ2) is 7.28. The number of hydrogen-bond acceptors (Lipinski definition) is 3. The number of carbonyl (C=O) groups excluding carboxylic acids is 1. The van der Waals surface area contributed by atoms with Crippen LogP contribution in [0.2, 0.25) is 0 Å². The van der Waals surface area contributed by atoms with Crippen LogP contribution in [0.1, 0.15) is 31.3 Å². The molecule has 0 fully saturated rings. The average Bonchev–Trinajstić information content (AvgIpc) is 2.92. The number of likely N-dealkylation sites (N-methyl/N-ethyl adjacent to an activating group) is 1. The minimum Gasteiger partial charge on any atom is -0.392 e. The Morgan fingerprint density at radius 1 is 1.35 bits per heavy atom. The first kappa shape index (κ1) is 17.0. The number of amides is 2. The maximum atomic E-state index is 12.1. The number of rotatable bonds is 5. The van der Waals surface area contributed by atoms with Gasteiger partial charge < -0.3 is 19.9 Å². The van der Waals surface area contributed by atoms with Gasteiger partial charge in [-0.25, -0.2) is 9.78 Å². The molecule has 2 unspecified atom stereocenters. The summed E-state index contributed by atoms with van der Waals surface area (Å²) < 4.78 is 2.00. The van der Waals surface area contributed by atoms with Crippen LogP contribution in [0.15, 0.2) is 36.7 Å². The van der Waals surface area contributed by atoms with Crippen molar-refractivity contribution in [1.29, 1.82) is 0 Å². The standard InChI is InChI=1S/C17H24N4O2/c1-12(22)11-20(4)17(23)19-13(2)15-5-7-16(8-6-15)21-10-9-18-14(21)3/h5-10,12-13,22H,11H2,1-4H3,(H,19,23). The van der Waals surface area contributed by atoms with Gasteiger partial charge in [-0.2, -0.15) is 0 Å². The molecule has 0 spiro atoms. The fraction of sp³-hybridized carbons (Fsp3) is 0.412. The van der Waals surface area contributed by atoms with E-state index >= 15 is 0 Å². The van der Waals surface area contributed by atoms with E-state index in [9.17, 15) is 9.90 Å². The summed E-state index contributed by atoms with van der Waals surface area (Å²) in [7, 11) is 1.67. The van der Waals surface area contributed by atoms with Crippen molar-refractivity contribution >= 4 is 6.03 Å². The van der Waals surface area contributed by atoms with E-state index in [1.807, 2.05) is 48.9 Å². The zero-order chi connectivity index (χ0) is 17.0. The Kier molecular flexibility index (Phi) is 5.39. The first-order chi connectivity index (χ1) is 10.9. The molecule has 6 heteroatoms. The molecule has 0 aliphatic rings. The SMILES string of the molecule is Cc1nccn1-c1ccc(C(C)NC(=O)N(C)CC(C)O)cc1. The monoisotopic (exact) mass is 316 g/mol. The third-order valence-electron chi connectivity index (χ3n) is 3.72. The Morgan fingerprint density at radius 3 is 2.52 bits per heavy atom. The predicted octanol–water partition coefficient (Wildman–Crippen LogP) is 2.26. The van der Waals surface area contributed by atoms with Crippen LogP contribution in [0.4, 0.5) is 4.79 Å². The number of carbonyl (C=O) groups is 1. The van der Waals surface area contributed by atoms with E-state index in [0.717, 1.165) is 17.1 Å². The van der Waals surface area contributed by atoms with E-state index < -0.39 is 6.10 Å². The van der Waals surface area contributed by atoms with Gasteiger partial charge >= 0.3 is 6.03 Å². The first-order valence-corrected chi connectivity index (χ1v) is 7.68. The second-order valence-electron chi connectivity index (χ2n) is 5.84. The molecule has 0 bridgehead atoms. The van der Waals surface area contributed by atoms with Gasteiger partial charge in [0.2, 0.25) is 0 Å². The zero-order valence-corrected chi connectivity index (χ0v) is 14.0. The lowest BCUT2D eigenvalue weighted by molar-refractivity contribution is 0.142. The number of aliphatic hydroxyl groups is 1. The van der Waals surface area contributed by atoms with Crippen molar-refractivity contribution in [2.75, 3.05) is 13.6 Å². The van der Waals surface area contributed by atoms with Gasteiger partial charge in [-0.05, 0) is 38.5 Å². The number of nitrogens with one attached hydrogen (secondary N) is 1. The van der Waals surface area contributed by atoms with Crippen molar-refractivity contribution in [3.05, 3.63) is 48.0 Å². The minimum atomic E-state index is -0.543. The van der Waals surface area contributed by atoms with Gasteiger partial charge in [0.1, 0.15) is 5.82 Å². The molecule has 2 N–H and O–H groups in total. The Hall–Kier alpha value is -2.34. The number of aryl methyl sites for hydroxylation is 1. The van der Waals surface area contributed by atoms with Gasteiger partial charge in [-0.15, -0.1) is 0 Å². The van der Waals surface area contributed by atoms with Crippen molar-refractivity contribution in [2.45, 2.75) is 32.9 Å². The molecule has 2 aromatic rings. The molecule has 1 heterocycles. The molecule has 0 saturated heterocycles. The molecular formula is C17H24N4O2. The topological polar surface area (TPSA) is 70.4 Å². The van der Waals surface area contributed by atoms with Gasteiger partial charge in [-0.3, -0.25) is 0 Å². The van der Waals surface area contributed by atoms with Crippen LogP contribution < -0.4 is 5.32 Å². The lowest BCUT2D eigenvalue weighted by Crippen LogP contribution is -2.41. The molecule has 6 nitrogen and oxygen atoms in total. The fourth-order valence-electron chi connectivity index (χ4n) is 2.43. The van der Waals surface area contributed by atoms with E-state index in [-0.39, 0.29) is 12.1 Å². The molecule has 0 saturated carbocycles. The van der Waals surface area contributed by atoms with Crippen molar-refractivity contribution < 1.29 is 9.90 Å². The van der Waals surface area contributed by atoms with E-state index in [0.29, 0.717) is 6.54 Å². The number of aromatic nitrogens is 2. The van der Waals surface area contributed by atoms with Crippen molar-refractivity contribution in [1.82, 2.24) is 19.8 Å². The highest BCUT2D eigenvalue weighted by molar-refractivity contribution is 5.74. The van der Waals surface area contributed by atoms with Crippen LogP contribution >= 0.6 is 0 Å². The maximum Gasteiger partial charge on any atom is 0.317 e. The molecule has 2 amide bonds. The highest BCUT2D eigenvalue weighted by Gasteiger charge is 2.14. The van der Waals surface area contributed by atoms with E-state index in [4.69, 9.17) is 0 Å². The molecule has 1 aromatic heterocycles. The Labute approximate surface area is 136 Å². The fourth-order valence-corrected chi connectivity index (χ4v) is 2.43. The minimum absolute atomic E-state index is 0.114. The number of benzene rings is 1. The van der Waals surface area contributed by atoms with Gasteiger partial charge in [0.05, 0.1) is 12.1 Å². The van der Waals surface area contributed by atoms with Crippen molar-refractivity contribution in [2.24, 2.45) is 0 Å². The van der Waals surface area contributed by atoms with Crippen LogP contribution in [0, 0.1) is 6.92 Å². The summed E-state index contributed by atoms with van der Waals surface area (Å²) in [5, 5.41) is 12.3. The van der Waals surface area contributed by atoms with Crippen molar-refractivity contribution in [3.63, 3.8) is 0 Å². The molecule has 0 aliphatic carbocycles. The molecule has 124 valence electrons. The molecule has 0 radical (unpaired) electrons. The van der Waals surface area contributed by atoms with E-state index in [2.05, 4.69) is 10.3 Å². The molecular weight excluding hydrogens is 292 g/mol. The predicted molar refractivity (Wildman–Crippen MR) is 89.6 cm³/mol. The van der Waals surface area contributed by atoms with Crippen LogP contribution in [0.5, 0.6) is 0 Å². The molecule has 2 rings (SSSR count). The van der Waals surface area contributed by atoms with Crippen molar-refractivity contribution in [3.8, 4) is 5.69 Å². The van der Waals surface area contributed by atoms with Crippen LogP contribution in [0.25, 0.3) is 5.69 Å². The molecule has 2 atom stereocenters. The number of aliphatic hydroxyl groups excluding tert-OH is 1. The lowest BCUT2D eigenvalue weighted by Gasteiger charge is -2.22. The number of hydrogen-bond donors (Lipinski definition) is 2. The Morgan fingerprint density at radius 2 is 2.00 bits per heavy atom. The molecule has 1 aromatic carbocycles. The lowest BCUT2D eigenvalue weighted by atomic mass is 10.1. The molecule has 0 aliphatic heterocycles. The summed E-state index contributed by atoms with van der Waals surface area (Å²) in [6, 6.07) is 7.69. The van der Waals surface area contributed by atoms with Crippen LogP contribution in [0.3, 0.4) is 0 Å². The largest absolute Gasteiger partial charge is 0.392 e. The quantitative estimate of drug-likeness (QED) is 0.889. The van der Waals surface area contributed by atoms with Gasteiger partial charge in [0, 0.05) is 31.7 Å². The van der Waals surface area contributed by atoms with Crippen LogP contribution in [-0.4, -0.2) is 45.3 Å². The van der Waals surface area contributed by atoms with E-state index in [1.54, 1.807) is 20.2 Å². The summed E-state index contributed by atoms with van der Waals surface area (Å²) in [6.45, 7) is 5.85. The highest BCUT2D eigenvalue weighted by atomic mass is 16.3. The van der Waals surface area contributed by atoms with Gasteiger partial charge in [0.25, 0.3) is 0 Å². The highest BCUT2D eigenvalue weighted by Crippen LogP contribution is 2.17. The normalized spacial score (nSPS) is 13.4. The average molecular weight is 316 g/mol. The van der Waals surface area contributed by atoms with Gasteiger partial charge in [0.15, 0.2) is 0 Å². The van der Waals surface area contributed by atoms with E-state index in [1.165, 1.54) is 4.90 Å². The first-order valence-electron chi connectivity index (χ1n) is 7.68. The number of imidazole rings is 1. The van der Waals surface area contributed by atoms with Crippen LogP contribution in [-0.2, 0) is 0 Å². The zero-order valence-electron chi connectivity index (χ0n) is 14.0. The summed E-state index contributed by atoms with van der Waals surface area (Å²) in [5.41, 5.74) is 2.05. The Bertz CT molecular complexity index is 649. The number of nitrogens with zero attached hydrogens (tertiary/aromatic N) is 3. The summed E-state index contributed by atoms with van der Waals surface area (Å²) in [5.74, 6) is 0.929. The smallest absolute Gasteiger partial charge is 0.317 e. The summed E-state index contributed by atoms with van der Waals surface area (Å²) in [6.07, 6.45) is 3.14. The third-order valence-corrected chi connectivity index (χ3v) is 3.72. The third kappa shape index (κ3) is 4.32. The maximum absolute atomic E-state index is 12.1. The molecule has 23 heavy (non-hydrogen) atoms. The Balaban J connectivity index is 2.02.